The molecule has 1 fully saturated rings. The lowest BCUT2D eigenvalue weighted by atomic mass is 9.97. The summed E-state index contributed by atoms with van der Waals surface area (Å²) in [4.78, 5) is 13.2. The Morgan fingerprint density at radius 1 is 1.35 bits per heavy atom. The lowest BCUT2D eigenvalue weighted by molar-refractivity contribution is -0.151. The SMILES string of the molecule is O=C(O)C1COCCN1CC1OCCc2ccccc21. The molecule has 0 amide bonds. The van der Waals surface area contributed by atoms with Crippen molar-refractivity contribution in [2.75, 3.05) is 32.9 Å². The quantitative estimate of drug-likeness (QED) is 0.896. The number of aliphatic carboxylic acids is 1. The fraction of sp³-hybridized carbons (Fsp3) is 0.533. The predicted octanol–water partition coefficient (Wildman–Crippen LogP) is 1.09. The van der Waals surface area contributed by atoms with Gasteiger partial charge in [-0.2, -0.15) is 0 Å². The maximum atomic E-state index is 11.3. The van der Waals surface area contributed by atoms with E-state index in [2.05, 4.69) is 12.1 Å². The van der Waals surface area contributed by atoms with Gasteiger partial charge in [-0.15, -0.1) is 0 Å². The van der Waals surface area contributed by atoms with Gasteiger partial charge < -0.3 is 14.6 Å². The molecule has 0 bridgehead atoms. The Morgan fingerprint density at radius 3 is 3.05 bits per heavy atom. The van der Waals surface area contributed by atoms with E-state index in [4.69, 9.17) is 9.47 Å². The first kappa shape index (κ1) is 13.5. The molecule has 2 unspecified atom stereocenters. The molecule has 1 N–H and O–H groups in total. The maximum absolute atomic E-state index is 11.3. The Balaban J connectivity index is 1.76. The van der Waals surface area contributed by atoms with E-state index in [1.54, 1.807) is 0 Å². The van der Waals surface area contributed by atoms with E-state index >= 15 is 0 Å². The van der Waals surface area contributed by atoms with E-state index in [0.717, 1.165) is 6.42 Å². The molecule has 0 aliphatic carbocycles. The van der Waals surface area contributed by atoms with Crippen LogP contribution in [0.3, 0.4) is 0 Å². The molecule has 0 radical (unpaired) electrons. The van der Waals surface area contributed by atoms with E-state index in [-0.39, 0.29) is 12.7 Å². The summed E-state index contributed by atoms with van der Waals surface area (Å²) in [6.07, 6.45) is 0.887. The van der Waals surface area contributed by atoms with Crippen molar-refractivity contribution in [2.24, 2.45) is 0 Å². The normalized spacial score (nSPS) is 27.0. The lowest BCUT2D eigenvalue weighted by Gasteiger charge is -2.36. The van der Waals surface area contributed by atoms with Gasteiger partial charge >= 0.3 is 5.97 Å². The molecule has 1 saturated heterocycles. The first-order valence-corrected chi connectivity index (χ1v) is 6.99. The van der Waals surface area contributed by atoms with Gasteiger partial charge in [0.2, 0.25) is 0 Å². The maximum Gasteiger partial charge on any atom is 0.323 e. The smallest absolute Gasteiger partial charge is 0.323 e. The fourth-order valence-electron chi connectivity index (χ4n) is 2.92. The standard InChI is InChI=1S/C15H19NO4/c17-15(18)13-10-19-8-6-16(13)9-14-12-4-2-1-3-11(12)5-7-20-14/h1-4,13-14H,5-10H2,(H,17,18). The number of carboxylic acids is 1. The average molecular weight is 277 g/mol. The van der Waals surface area contributed by atoms with Crippen LogP contribution in [0.4, 0.5) is 0 Å². The number of nitrogens with zero attached hydrogens (tertiary/aromatic N) is 1. The second kappa shape index (κ2) is 5.91. The third kappa shape index (κ3) is 2.70. The summed E-state index contributed by atoms with van der Waals surface area (Å²) in [5.41, 5.74) is 2.50. The van der Waals surface area contributed by atoms with Crippen molar-refractivity contribution in [1.82, 2.24) is 4.90 Å². The van der Waals surface area contributed by atoms with Gasteiger partial charge in [0, 0.05) is 13.1 Å². The van der Waals surface area contributed by atoms with Gasteiger partial charge in [-0.1, -0.05) is 24.3 Å². The number of fused-ring (bicyclic) bond motifs is 1. The minimum atomic E-state index is -0.825. The molecule has 5 heteroatoms. The van der Waals surface area contributed by atoms with Crippen molar-refractivity contribution < 1.29 is 19.4 Å². The summed E-state index contributed by atoms with van der Waals surface area (Å²) in [5, 5.41) is 9.27. The molecule has 108 valence electrons. The minimum Gasteiger partial charge on any atom is -0.480 e. The largest absolute Gasteiger partial charge is 0.480 e. The van der Waals surface area contributed by atoms with Gasteiger partial charge in [0.25, 0.3) is 0 Å². The highest BCUT2D eigenvalue weighted by Crippen LogP contribution is 2.28. The van der Waals surface area contributed by atoms with Gasteiger partial charge in [0.15, 0.2) is 0 Å². The van der Waals surface area contributed by atoms with E-state index in [1.807, 2.05) is 17.0 Å². The van der Waals surface area contributed by atoms with Crippen molar-refractivity contribution >= 4 is 5.97 Å². The number of carbonyl (C=O) groups is 1. The number of rotatable bonds is 3. The molecule has 1 aromatic carbocycles. The van der Waals surface area contributed by atoms with Crippen LogP contribution < -0.4 is 0 Å². The van der Waals surface area contributed by atoms with Crippen molar-refractivity contribution in [2.45, 2.75) is 18.6 Å². The van der Waals surface area contributed by atoms with E-state index in [1.165, 1.54) is 11.1 Å². The average Bonchev–Trinajstić information content (AvgIpc) is 2.48. The second-order valence-corrected chi connectivity index (χ2v) is 5.23. The van der Waals surface area contributed by atoms with Crippen LogP contribution in [0, 0.1) is 0 Å². The molecule has 2 aliphatic heterocycles. The van der Waals surface area contributed by atoms with Crippen LogP contribution in [0.15, 0.2) is 24.3 Å². The van der Waals surface area contributed by atoms with Gasteiger partial charge in [-0.25, -0.2) is 0 Å². The van der Waals surface area contributed by atoms with Crippen LogP contribution in [0.2, 0.25) is 0 Å². The highest BCUT2D eigenvalue weighted by Gasteiger charge is 2.32. The summed E-state index contributed by atoms with van der Waals surface area (Å²) >= 11 is 0. The molecule has 2 aliphatic rings. The van der Waals surface area contributed by atoms with Crippen molar-refractivity contribution in [3.8, 4) is 0 Å². The summed E-state index contributed by atoms with van der Waals surface area (Å²) in [6, 6.07) is 7.68. The molecule has 2 heterocycles. The zero-order chi connectivity index (χ0) is 13.9. The molecule has 0 saturated carbocycles. The Labute approximate surface area is 118 Å². The molecule has 0 spiro atoms. The number of benzene rings is 1. The highest BCUT2D eigenvalue weighted by molar-refractivity contribution is 5.73. The minimum absolute atomic E-state index is 0.0418. The Kier molecular flexibility index (Phi) is 4.00. The molecule has 3 rings (SSSR count). The topological polar surface area (TPSA) is 59.0 Å². The van der Waals surface area contributed by atoms with E-state index in [0.29, 0.717) is 26.3 Å². The molecule has 20 heavy (non-hydrogen) atoms. The monoisotopic (exact) mass is 277 g/mol. The summed E-state index contributed by atoms with van der Waals surface area (Å²) in [7, 11) is 0. The fourth-order valence-corrected chi connectivity index (χ4v) is 2.92. The number of carboxylic acid groups (broad SMARTS) is 1. The predicted molar refractivity (Wildman–Crippen MR) is 72.7 cm³/mol. The lowest BCUT2D eigenvalue weighted by Crippen LogP contribution is -2.51. The number of ether oxygens (including phenoxy) is 2. The van der Waals surface area contributed by atoms with Crippen molar-refractivity contribution in [1.29, 1.82) is 0 Å². The summed E-state index contributed by atoms with van der Waals surface area (Å²) in [6.45, 7) is 2.78. The van der Waals surface area contributed by atoms with Crippen molar-refractivity contribution in [3.05, 3.63) is 35.4 Å². The second-order valence-electron chi connectivity index (χ2n) is 5.23. The number of hydrogen-bond acceptors (Lipinski definition) is 4. The van der Waals surface area contributed by atoms with Crippen LogP contribution in [-0.2, 0) is 20.7 Å². The Morgan fingerprint density at radius 2 is 2.20 bits per heavy atom. The zero-order valence-corrected chi connectivity index (χ0v) is 11.3. The van der Waals surface area contributed by atoms with Crippen LogP contribution in [0.1, 0.15) is 17.2 Å². The van der Waals surface area contributed by atoms with Gasteiger partial charge in [-0.3, -0.25) is 9.69 Å². The van der Waals surface area contributed by atoms with Gasteiger partial charge in [0.05, 0.1) is 25.9 Å². The Hall–Kier alpha value is -1.43. The zero-order valence-electron chi connectivity index (χ0n) is 11.3. The van der Waals surface area contributed by atoms with Crippen molar-refractivity contribution in [3.63, 3.8) is 0 Å². The summed E-state index contributed by atoms with van der Waals surface area (Å²) < 4.78 is 11.1. The van der Waals surface area contributed by atoms with Crippen LogP contribution in [0.5, 0.6) is 0 Å². The van der Waals surface area contributed by atoms with Crippen LogP contribution >= 0.6 is 0 Å². The van der Waals surface area contributed by atoms with E-state index in [9.17, 15) is 9.90 Å². The number of hydrogen-bond donors (Lipinski definition) is 1. The molecule has 0 aromatic heterocycles. The molecular formula is C15H19NO4. The highest BCUT2D eigenvalue weighted by atomic mass is 16.5. The van der Waals surface area contributed by atoms with Crippen LogP contribution in [0.25, 0.3) is 0 Å². The van der Waals surface area contributed by atoms with Gasteiger partial charge in [-0.05, 0) is 17.5 Å². The Bertz CT molecular complexity index is 491. The number of morpholine rings is 1. The van der Waals surface area contributed by atoms with Crippen LogP contribution in [-0.4, -0.2) is 54.9 Å². The van der Waals surface area contributed by atoms with E-state index < -0.39 is 12.0 Å². The summed E-state index contributed by atoms with van der Waals surface area (Å²) in [5.74, 6) is -0.825. The van der Waals surface area contributed by atoms with Gasteiger partial charge in [0.1, 0.15) is 6.04 Å². The molecule has 1 aromatic rings. The third-order valence-electron chi connectivity index (χ3n) is 4.02. The molecular weight excluding hydrogens is 258 g/mol. The molecule has 2 atom stereocenters. The third-order valence-corrected chi connectivity index (χ3v) is 4.02. The first-order valence-electron chi connectivity index (χ1n) is 6.99. The molecule has 5 nitrogen and oxygen atoms in total. The first-order chi connectivity index (χ1) is 9.75.